The number of amides is 1. The normalized spacial score (nSPS) is 11.6. The molecule has 2 aromatic rings. The van der Waals surface area contributed by atoms with Gasteiger partial charge in [-0.15, -0.1) is 0 Å². The number of carbonyl (C=O) groups excluding carboxylic acids is 2. The Morgan fingerprint density at radius 2 is 1.71 bits per heavy atom. The van der Waals surface area contributed by atoms with Gasteiger partial charge in [0.05, 0.1) is 13.5 Å². The van der Waals surface area contributed by atoms with Crippen LogP contribution in [0.15, 0.2) is 48.5 Å². The highest BCUT2D eigenvalue weighted by atomic mass is 19.1. The predicted octanol–water partition coefficient (Wildman–Crippen LogP) is 1.26. The van der Waals surface area contributed by atoms with E-state index in [1.807, 2.05) is 24.3 Å². The monoisotopic (exact) mass is 387 g/mol. The number of benzene rings is 2. The van der Waals surface area contributed by atoms with Gasteiger partial charge in [0, 0.05) is 20.6 Å². The molecule has 0 fully saturated rings. The third-order valence-electron chi connectivity index (χ3n) is 4.19. The molecule has 1 atom stereocenters. The van der Waals surface area contributed by atoms with Gasteiger partial charge in [0.1, 0.15) is 11.9 Å². The van der Waals surface area contributed by atoms with Gasteiger partial charge >= 0.3 is 13.1 Å². The van der Waals surface area contributed by atoms with E-state index in [0.29, 0.717) is 5.56 Å². The van der Waals surface area contributed by atoms with Gasteiger partial charge in [-0.1, -0.05) is 36.4 Å². The zero-order chi connectivity index (χ0) is 20.5. The quantitative estimate of drug-likeness (QED) is 0.518. The minimum Gasteiger partial charge on any atom is -0.467 e. The van der Waals surface area contributed by atoms with Crippen molar-refractivity contribution < 1.29 is 28.0 Å². The fourth-order valence-corrected chi connectivity index (χ4v) is 2.83. The summed E-state index contributed by atoms with van der Waals surface area (Å²) in [5, 5.41) is 2.66. The summed E-state index contributed by atoms with van der Waals surface area (Å²) < 4.78 is 28.5. The minimum absolute atomic E-state index is 0.0342. The van der Waals surface area contributed by atoms with E-state index < -0.39 is 30.9 Å². The molecular weight excluding hydrogens is 364 g/mol. The molecule has 0 heterocycles. The molecule has 0 saturated carbocycles. The van der Waals surface area contributed by atoms with E-state index in [1.54, 1.807) is 20.3 Å². The number of esters is 1. The molecule has 1 N–H and O–H groups in total. The Balaban J connectivity index is 2.05. The zero-order valence-corrected chi connectivity index (χ0v) is 16.1. The molecule has 0 aliphatic rings. The molecule has 0 radical (unpaired) electrons. The summed E-state index contributed by atoms with van der Waals surface area (Å²) in [6.07, 6.45) is 0.222. The summed E-state index contributed by atoms with van der Waals surface area (Å²) in [6, 6.07) is 12.2. The Kier molecular flexibility index (Phi) is 8.16. The van der Waals surface area contributed by atoms with Gasteiger partial charge in [-0.2, -0.15) is 0 Å². The van der Waals surface area contributed by atoms with Crippen LogP contribution in [-0.4, -0.2) is 46.4 Å². The Labute approximate surface area is 164 Å². The second kappa shape index (κ2) is 10.6. The second-order valence-electron chi connectivity index (χ2n) is 6.20. The van der Waals surface area contributed by atoms with E-state index in [0.717, 1.165) is 11.0 Å². The third kappa shape index (κ3) is 6.18. The molecule has 0 spiro atoms. The van der Waals surface area contributed by atoms with Crippen LogP contribution in [0, 0.1) is 5.82 Å². The largest absolute Gasteiger partial charge is 0.493 e. The van der Waals surface area contributed by atoms with Gasteiger partial charge < -0.3 is 19.4 Å². The van der Waals surface area contributed by atoms with Crippen molar-refractivity contribution >= 4 is 24.5 Å². The van der Waals surface area contributed by atoms with Gasteiger partial charge in [-0.05, 0) is 28.7 Å². The number of nitrogens with one attached hydrogen (secondary N) is 1. The van der Waals surface area contributed by atoms with Crippen LogP contribution in [-0.2, 0) is 36.5 Å². The van der Waals surface area contributed by atoms with Crippen molar-refractivity contribution in [3.05, 3.63) is 65.5 Å². The van der Waals surface area contributed by atoms with Crippen molar-refractivity contribution in [2.75, 3.05) is 21.3 Å². The topological polar surface area (TPSA) is 73.9 Å². The minimum atomic E-state index is -0.849. The lowest BCUT2D eigenvalue weighted by Gasteiger charge is -2.17. The van der Waals surface area contributed by atoms with Crippen LogP contribution in [0.4, 0.5) is 4.39 Å². The zero-order valence-electron chi connectivity index (χ0n) is 16.1. The summed E-state index contributed by atoms with van der Waals surface area (Å²) in [5.74, 6) is -1.36. The highest BCUT2D eigenvalue weighted by Crippen LogP contribution is 2.07. The van der Waals surface area contributed by atoms with Crippen molar-refractivity contribution in [2.24, 2.45) is 0 Å². The number of halogens is 1. The Morgan fingerprint density at radius 1 is 1.04 bits per heavy atom. The van der Waals surface area contributed by atoms with Gasteiger partial charge in [0.25, 0.3) is 0 Å². The first-order valence-corrected chi connectivity index (χ1v) is 8.73. The average molecular weight is 387 g/mol. The van der Waals surface area contributed by atoms with Crippen LogP contribution in [0.3, 0.4) is 0 Å². The average Bonchev–Trinajstić information content (AvgIpc) is 2.69. The molecule has 148 valence electrons. The number of carbonyl (C=O) groups is 2. The second-order valence-corrected chi connectivity index (χ2v) is 6.20. The lowest BCUT2D eigenvalue weighted by Crippen LogP contribution is -2.43. The predicted molar refractivity (Wildman–Crippen MR) is 104 cm³/mol. The maximum Gasteiger partial charge on any atom is 0.493 e. The SMILES string of the molecule is COB(OC)c1ccc(C[C@H](NC(=O)Cc2cccc(F)c2)C(=O)OC)cc1. The molecule has 0 unspecified atom stereocenters. The van der Waals surface area contributed by atoms with Crippen molar-refractivity contribution in [1.29, 1.82) is 0 Å². The maximum absolute atomic E-state index is 13.3. The number of methoxy groups -OCH3 is 1. The summed E-state index contributed by atoms with van der Waals surface area (Å²) in [4.78, 5) is 24.4. The van der Waals surface area contributed by atoms with Crippen LogP contribution >= 0.6 is 0 Å². The van der Waals surface area contributed by atoms with Crippen LogP contribution in [0.1, 0.15) is 11.1 Å². The van der Waals surface area contributed by atoms with E-state index in [9.17, 15) is 14.0 Å². The highest BCUT2D eigenvalue weighted by Gasteiger charge is 2.23. The molecule has 2 rings (SSSR count). The first-order chi connectivity index (χ1) is 13.5. The smallest absolute Gasteiger partial charge is 0.467 e. The van der Waals surface area contributed by atoms with Crippen molar-refractivity contribution in [3.8, 4) is 0 Å². The number of hydrogen-bond acceptors (Lipinski definition) is 5. The van der Waals surface area contributed by atoms with Gasteiger partial charge in [-0.3, -0.25) is 4.79 Å². The fraction of sp³-hybridized carbons (Fsp3) is 0.300. The summed E-state index contributed by atoms with van der Waals surface area (Å²) >= 11 is 0. The van der Waals surface area contributed by atoms with E-state index >= 15 is 0 Å². The Hall–Kier alpha value is -2.71. The van der Waals surface area contributed by atoms with Gasteiger partial charge in [0.2, 0.25) is 5.91 Å². The molecule has 0 aromatic heterocycles. The molecule has 2 aromatic carbocycles. The van der Waals surface area contributed by atoms with Crippen LogP contribution in [0.25, 0.3) is 0 Å². The van der Waals surface area contributed by atoms with Crippen molar-refractivity contribution in [2.45, 2.75) is 18.9 Å². The molecule has 0 bridgehead atoms. The highest BCUT2D eigenvalue weighted by molar-refractivity contribution is 6.61. The van der Waals surface area contributed by atoms with Crippen LogP contribution < -0.4 is 10.8 Å². The summed E-state index contributed by atoms with van der Waals surface area (Å²) in [7, 11) is 3.88. The Morgan fingerprint density at radius 3 is 2.29 bits per heavy atom. The molecular formula is C20H23BFNO5. The fourth-order valence-electron chi connectivity index (χ4n) is 2.83. The molecule has 8 heteroatoms. The molecule has 6 nitrogen and oxygen atoms in total. The molecule has 1 amide bonds. The van der Waals surface area contributed by atoms with Crippen molar-refractivity contribution in [1.82, 2.24) is 5.32 Å². The first kappa shape index (κ1) is 21.6. The standard InChI is InChI=1S/C20H23BFNO5/c1-26-20(25)18(23-19(24)13-15-5-4-6-17(22)11-15)12-14-7-9-16(10-8-14)21(27-2)28-3/h4-11,18H,12-13H2,1-3H3,(H,23,24)/t18-/m0/s1. The molecule has 0 aliphatic carbocycles. The molecule has 28 heavy (non-hydrogen) atoms. The maximum atomic E-state index is 13.3. The van der Waals surface area contributed by atoms with E-state index in [1.165, 1.54) is 25.3 Å². The van der Waals surface area contributed by atoms with Crippen LogP contribution in [0.2, 0.25) is 0 Å². The van der Waals surface area contributed by atoms with Crippen molar-refractivity contribution in [3.63, 3.8) is 0 Å². The molecule has 0 aliphatic heterocycles. The number of rotatable bonds is 9. The summed E-state index contributed by atoms with van der Waals surface area (Å²) in [5.41, 5.74) is 2.19. The van der Waals surface area contributed by atoms with E-state index in [4.69, 9.17) is 14.0 Å². The van der Waals surface area contributed by atoms with Gasteiger partial charge in [-0.25, -0.2) is 9.18 Å². The Bertz CT molecular complexity index is 795. The van der Waals surface area contributed by atoms with E-state index in [2.05, 4.69) is 5.32 Å². The lowest BCUT2D eigenvalue weighted by molar-refractivity contribution is -0.145. The number of ether oxygens (including phenoxy) is 1. The van der Waals surface area contributed by atoms with Crippen LogP contribution in [0.5, 0.6) is 0 Å². The molecule has 0 saturated heterocycles. The van der Waals surface area contributed by atoms with E-state index in [-0.39, 0.29) is 12.8 Å². The number of hydrogen-bond donors (Lipinski definition) is 1. The third-order valence-corrected chi connectivity index (χ3v) is 4.19. The lowest BCUT2D eigenvalue weighted by atomic mass is 9.78. The van der Waals surface area contributed by atoms with Gasteiger partial charge in [0.15, 0.2) is 0 Å². The first-order valence-electron chi connectivity index (χ1n) is 8.73. The summed E-state index contributed by atoms with van der Waals surface area (Å²) in [6.45, 7) is 0.